The molecule has 0 radical (unpaired) electrons. The summed E-state index contributed by atoms with van der Waals surface area (Å²) in [6.45, 7) is 6.81. The Morgan fingerprint density at radius 2 is 1.18 bits per heavy atom. The molecule has 6 heterocycles. The minimum Gasteiger partial charge on any atom is -0.478 e. The molecule has 344 valence electrons. The maximum Gasteiger partial charge on any atom is 0.353 e. The van der Waals surface area contributed by atoms with Gasteiger partial charge in [0.05, 0.1) is 53.3 Å². The third-order valence-corrected chi connectivity index (χ3v) is 16.2. The van der Waals surface area contributed by atoms with E-state index in [4.69, 9.17) is 0 Å². The van der Waals surface area contributed by atoms with E-state index < -0.39 is 113 Å². The first-order valence-corrected chi connectivity index (χ1v) is 22.9. The minimum absolute atomic E-state index is 0.000117. The van der Waals surface area contributed by atoms with Gasteiger partial charge in [-0.1, -0.05) is 26.0 Å². The topological polar surface area (TPSA) is 284 Å². The smallest absolute Gasteiger partial charge is 0.353 e. The highest BCUT2D eigenvalue weighted by Crippen LogP contribution is 2.55. The number of likely N-dealkylation sites (tertiary alicyclic amines) is 1. The molecule has 6 aliphatic rings. The Hall–Kier alpha value is -5.74. The number of carboxylic acids is 3. The summed E-state index contributed by atoms with van der Waals surface area (Å²) in [5, 5.41) is 58.2. The summed E-state index contributed by atoms with van der Waals surface area (Å²) in [5.74, 6) is -9.02. The van der Waals surface area contributed by atoms with E-state index in [0.29, 0.717) is 28.5 Å². The molecular formula is C44H48N6O13S2. The molecule has 8 rings (SSSR count). The molecule has 0 saturated carbocycles. The maximum absolute atomic E-state index is 15.3. The van der Waals surface area contributed by atoms with Gasteiger partial charge in [0.15, 0.2) is 0 Å². The molecule has 4 fully saturated rings. The summed E-state index contributed by atoms with van der Waals surface area (Å²) in [7, 11) is 0. The lowest BCUT2D eigenvalue weighted by molar-refractivity contribution is -0.163. The molecule has 2 aromatic rings. The van der Waals surface area contributed by atoms with Gasteiger partial charge >= 0.3 is 17.9 Å². The number of β-lactam (4-membered cyclic amide) rings is 2. The number of rotatable bonds is 14. The van der Waals surface area contributed by atoms with Gasteiger partial charge in [0.1, 0.15) is 17.4 Å². The Bertz CT molecular complexity index is 2480. The third-order valence-electron chi connectivity index (χ3n) is 13.2. The fraction of sp³-hybridized carbons (Fsp3) is 0.455. The van der Waals surface area contributed by atoms with Gasteiger partial charge in [0, 0.05) is 56.6 Å². The van der Waals surface area contributed by atoms with E-state index in [1.165, 1.54) is 82.8 Å². The quantitative estimate of drug-likeness (QED) is 0.126. The van der Waals surface area contributed by atoms with Crippen molar-refractivity contribution in [1.29, 1.82) is 0 Å². The van der Waals surface area contributed by atoms with Gasteiger partial charge in [0.2, 0.25) is 23.6 Å². The van der Waals surface area contributed by atoms with Crippen molar-refractivity contribution in [2.75, 3.05) is 23.7 Å². The summed E-state index contributed by atoms with van der Waals surface area (Å²) < 4.78 is 0. The Morgan fingerprint density at radius 1 is 0.692 bits per heavy atom. The van der Waals surface area contributed by atoms with E-state index in [1.54, 1.807) is 13.0 Å². The Kier molecular flexibility index (Phi) is 12.4. The summed E-state index contributed by atoms with van der Waals surface area (Å²) in [6, 6.07) is 8.31. The molecule has 8 N–H and O–H groups in total. The van der Waals surface area contributed by atoms with Crippen molar-refractivity contribution < 1.29 is 63.9 Å². The zero-order valence-electron chi connectivity index (χ0n) is 35.5. The number of amides is 5. The van der Waals surface area contributed by atoms with E-state index in [-0.39, 0.29) is 46.4 Å². The van der Waals surface area contributed by atoms with Crippen LogP contribution >= 0.6 is 23.5 Å². The largest absolute Gasteiger partial charge is 0.478 e. The summed E-state index contributed by atoms with van der Waals surface area (Å²) >= 11 is 2.45. The molecule has 6 aliphatic heterocycles. The Morgan fingerprint density at radius 3 is 1.69 bits per heavy atom. The van der Waals surface area contributed by atoms with Gasteiger partial charge in [-0.2, -0.15) is 0 Å². The number of thioether (sulfide) groups is 2. The van der Waals surface area contributed by atoms with Gasteiger partial charge in [-0.15, -0.1) is 23.5 Å². The van der Waals surface area contributed by atoms with E-state index in [2.05, 4.69) is 16.0 Å². The van der Waals surface area contributed by atoms with Gasteiger partial charge in [-0.05, 0) is 63.1 Å². The molecule has 4 saturated heterocycles. The highest BCUT2D eigenvalue weighted by atomic mass is 32.2. The van der Waals surface area contributed by atoms with Crippen LogP contribution in [0.3, 0.4) is 0 Å². The molecule has 19 nitrogen and oxygen atoms in total. The van der Waals surface area contributed by atoms with Crippen molar-refractivity contribution in [1.82, 2.24) is 20.0 Å². The van der Waals surface area contributed by atoms with Crippen LogP contribution < -0.4 is 16.0 Å². The first-order chi connectivity index (χ1) is 30.8. The number of benzene rings is 2. The number of carbonyl (C=O) groups is 8. The Balaban J connectivity index is 1.10. The second kappa shape index (κ2) is 17.6. The van der Waals surface area contributed by atoms with Crippen molar-refractivity contribution >= 4 is 82.3 Å². The number of carboxylic acid groups (broad SMARTS) is 3. The molecule has 12 atom stereocenters. The number of hydrogen-bond acceptors (Lipinski definition) is 13. The number of hydrogen-bond donors (Lipinski definition) is 8. The Labute approximate surface area is 380 Å². The molecule has 0 bridgehead atoms. The predicted octanol–water partition coefficient (Wildman–Crippen LogP) is 2.05. The van der Waals surface area contributed by atoms with Crippen LogP contribution in [0.25, 0.3) is 0 Å². The van der Waals surface area contributed by atoms with Crippen molar-refractivity contribution in [3.63, 3.8) is 0 Å². The molecular weight excluding hydrogens is 885 g/mol. The van der Waals surface area contributed by atoms with Crippen LogP contribution in [-0.4, -0.2) is 148 Å². The first-order valence-electron chi connectivity index (χ1n) is 21.2. The molecule has 0 unspecified atom stereocenters. The lowest BCUT2D eigenvalue weighted by atomic mass is 9.79. The maximum atomic E-state index is 15.3. The fourth-order valence-electron chi connectivity index (χ4n) is 10.1. The fourth-order valence-corrected chi connectivity index (χ4v) is 13.1. The van der Waals surface area contributed by atoms with E-state index in [0.717, 1.165) is 11.8 Å². The number of aliphatic hydroxyl groups is 2. The van der Waals surface area contributed by atoms with Crippen molar-refractivity contribution in [2.24, 2.45) is 23.7 Å². The lowest BCUT2D eigenvalue weighted by Crippen LogP contribution is -2.64. The second-order valence-electron chi connectivity index (χ2n) is 17.4. The van der Waals surface area contributed by atoms with Crippen LogP contribution in [-0.2, 0) is 28.8 Å². The highest BCUT2D eigenvalue weighted by Gasteiger charge is 2.63. The van der Waals surface area contributed by atoms with E-state index in [9.17, 15) is 59.1 Å². The number of aromatic carboxylic acids is 2. The summed E-state index contributed by atoms with van der Waals surface area (Å²) in [6.07, 6.45) is -1.78. The zero-order valence-corrected chi connectivity index (χ0v) is 37.2. The van der Waals surface area contributed by atoms with Gasteiger partial charge in [-0.3, -0.25) is 24.0 Å². The van der Waals surface area contributed by atoms with Crippen molar-refractivity contribution in [2.45, 2.75) is 87.4 Å². The lowest BCUT2D eigenvalue weighted by Gasteiger charge is -2.47. The van der Waals surface area contributed by atoms with Crippen LogP contribution in [0.4, 0.5) is 11.4 Å². The normalized spacial score (nSPS) is 30.1. The van der Waals surface area contributed by atoms with Crippen LogP contribution in [0.1, 0.15) is 61.3 Å². The molecule has 65 heavy (non-hydrogen) atoms. The number of aliphatic hydroxyl groups excluding tert-OH is 2. The monoisotopic (exact) mass is 932 g/mol. The average molecular weight is 933 g/mol. The summed E-state index contributed by atoms with van der Waals surface area (Å²) in [4.78, 5) is 111. The number of nitrogens with one attached hydrogen (secondary N) is 3. The second-order valence-corrected chi connectivity index (χ2v) is 20.1. The molecule has 0 aliphatic carbocycles. The zero-order chi connectivity index (χ0) is 46.9. The predicted molar refractivity (Wildman–Crippen MR) is 235 cm³/mol. The molecule has 0 aromatic heterocycles. The van der Waals surface area contributed by atoms with Crippen LogP contribution in [0, 0.1) is 23.7 Å². The van der Waals surface area contributed by atoms with Crippen LogP contribution in [0.2, 0.25) is 0 Å². The molecule has 5 amide bonds. The number of aliphatic carboxylic acids is 1. The van der Waals surface area contributed by atoms with E-state index in [1.807, 2.05) is 6.92 Å². The number of fused-ring (bicyclic) bond motifs is 2. The van der Waals surface area contributed by atoms with Crippen molar-refractivity contribution in [3.8, 4) is 0 Å². The van der Waals surface area contributed by atoms with Gasteiger partial charge < -0.3 is 56.2 Å². The first kappa shape index (κ1) is 45.8. The molecule has 2 aromatic carbocycles. The summed E-state index contributed by atoms with van der Waals surface area (Å²) in [5.41, 5.74) is 0.163. The minimum atomic E-state index is -1.34. The van der Waals surface area contributed by atoms with Crippen LogP contribution in [0.15, 0.2) is 69.7 Å². The molecule has 21 heteroatoms. The SMILES string of the molecule is C[C@@H](O)[C@H]1C(=O)N2C(C(=O)O)=C(S[C@H]3C[C@@H](C(=O)Nc4cccc(C(=O)O)c4)N(C(=O)C4=C(S[C@@H]5CN[C@H](C(=O)Nc6cccc(C(=O)O)c6)C5)[C@H](C)[C@@H]5[C@@H]([C@@H](C)O)C(=O)N45)C3)[C@H](C)[C@H]12. The number of carbonyl (C=O) groups excluding carboxylic acids is 5. The number of nitrogens with zero attached hydrogens (tertiary/aromatic N) is 3. The van der Waals surface area contributed by atoms with Crippen molar-refractivity contribution in [3.05, 3.63) is 80.9 Å². The van der Waals surface area contributed by atoms with Crippen LogP contribution in [0.5, 0.6) is 0 Å². The van der Waals surface area contributed by atoms with Gasteiger partial charge in [-0.25, -0.2) is 14.4 Å². The van der Waals surface area contributed by atoms with Gasteiger partial charge in [0.25, 0.3) is 5.91 Å². The third kappa shape index (κ3) is 8.06. The highest BCUT2D eigenvalue weighted by molar-refractivity contribution is 8.04. The van der Waals surface area contributed by atoms with E-state index >= 15 is 4.79 Å². The molecule has 0 spiro atoms. The number of anilines is 2. The average Bonchev–Trinajstić information content (AvgIpc) is 4.00. The standard InChI is InChI=1S/C44H48N6O13S2/c1-17-31-29(19(3)51)39(55)49(31)33(35(17)64-25-13-27(45-15-25)37(53)46-23-9-5-7-21(11-23)42(58)59)41(57)48-16-26(14-28(48)38(54)47-24-10-6-8-22(12-24)43(60)61)65-36-18(2)32-30(20(4)52)40(56)50(32)34(36)44(62)63/h5-12,17-20,25-32,45,51-52H,13-16H2,1-4H3,(H,46,53)(H,47,54)(H,58,59)(H,60,61)(H,62,63)/t17-,18-,19-,20-,25+,26+,27+,28+,29-,30-,31-,32-/m1/s1.